The Kier molecular flexibility index (Phi) is 8.77. The van der Waals surface area contributed by atoms with Gasteiger partial charge in [-0.3, -0.25) is 9.69 Å². The first-order valence-corrected chi connectivity index (χ1v) is 13.9. The number of nitrogens with two attached hydrogens (primary N) is 1. The van der Waals surface area contributed by atoms with Gasteiger partial charge in [-0.05, 0) is 60.9 Å². The van der Waals surface area contributed by atoms with Gasteiger partial charge in [0.25, 0.3) is 0 Å². The van der Waals surface area contributed by atoms with E-state index in [9.17, 15) is 17.8 Å². The Bertz CT molecular complexity index is 1070. The van der Waals surface area contributed by atoms with Crippen molar-refractivity contribution in [1.29, 1.82) is 0 Å². The molecule has 180 valence electrons. The molecule has 2 N–H and O–H groups in total. The number of primary sulfonamides is 1. The number of nitrogens with zero attached hydrogens (tertiary/aromatic N) is 2. The standard InChI is InChI=1S/C23H31N3O5S2/c1-31-21-9-4-3-7-19(21)26-15-13-25(14-16-26)12-6-5-8-20(27)18-10-11-22(32(2)28)23(17-18)33(24,29)30/h3-4,7,9-11,17H,5-6,8,12-16H2,1-2H3,(H2,24,29,30). The molecule has 0 bridgehead atoms. The Morgan fingerprint density at radius 2 is 1.82 bits per heavy atom. The minimum atomic E-state index is -4.07. The number of anilines is 1. The first-order valence-electron chi connectivity index (χ1n) is 10.8. The lowest BCUT2D eigenvalue weighted by Gasteiger charge is -2.36. The van der Waals surface area contributed by atoms with Crippen LogP contribution in [0.4, 0.5) is 5.69 Å². The molecule has 1 aliphatic heterocycles. The van der Waals surface area contributed by atoms with Crippen LogP contribution in [0.1, 0.15) is 29.6 Å². The molecule has 0 radical (unpaired) electrons. The van der Waals surface area contributed by atoms with E-state index in [2.05, 4.69) is 15.9 Å². The number of piperazine rings is 1. The van der Waals surface area contributed by atoms with Gasteiger partial charge in [-0.25, -0.2) is 13.6 Å². The van der Waals surface area contributed by atoms with Gasteiger partial charge in [-0.15, -0.1) is 0 Å². The zero-order chi connectivity index (χ0) is 24.0. The van der Waals surface area contributed by atoms with Crippen LogP contribution < -0.4 is 14.8 Å². The molecule has 8 nitrogen and oxygen atoms in total. The van der Waals surface area contributed by atoms with Gasteiger partial charge in [0.1, 0.15) is 16.9 Å². The Morgan fingerprint density at radius 1 is 1.12 bits per heavy atom. The molecule has 1 unspecified atom stereocenters. The van der Waals surface area contributed by atoms with Gasteiger partial charge in [0.05, 0.1) is 12.8 Å². The highest BCUT2D eigenvalue weighted by atomic mass is 32.2. The molecule has 0 aromatic heterocycles. The first-order chi connectivity index (χ1) is 15.7. The molecule has 0 saturated carbocycles. The van der Waals surface area contributed by atoms with Crippen LogP contribution in [0.15, 0.2) is 52.3 Å². The minimum Gasteiger partial charge on any atom is -0.612 e. The Hall–Kier alpha value is -2.11. The molecule has 1 atom stereocenters. The topological polar surface area (TPSA) is 116 Å². The highest BCUT2D eigenvalue weighted by molar-refractivity contribution is 7.93. The fourth-order valence-corrected chi connectivity index (χ4v) is 5.95. The first kappa shape index (κ1) is 25.5. The third-order valence-electron chi connectivity index (χ3n) is 5.81. The van der Waals surface area contributed by atoms with Crippen molar-refractivity contribution in [2.45, 2.75) is 29.1 Å². The van der Waals surface area contributed by atoms with Gasteiger partial charge in [-0.1, -0.05) is 12.1 Å². The van der Waals surface area contributed by atoms with E-state index in [1.807, 2.05) is 18.2 Å². The zero-order valence-electron chi connectivity index (χ0n) is 19.0. The minimum absolute atomic E-state index is 0.112. The van der Waals surface area contributed by atoms with Gasteiger partial charge in [0, 0.05) is 38.2 Å². The number of sulfonamides is 1. The second-order valence-electron chi connectivity index (χ2n) is 8.04. The van der Waals surface area contributed by atoms with Crippen molar-refractivity contribution >= 4 is 32.7 Å². The van der Waals surface area contributed by atoms with Crippen LogP contribution in [-0.4, -0.2) is 69.7 Å². The number of hydrogen-bond donors (Lipinski definition) is 1. The molecule has 1 fully saturated rings. The summed E-state index contributed by atoms with van der Waals surface area (Å²) in [5, 5.41) is 5.24. The van der Waals surface area contributed by atoms with E-state index >= 15 is 0 Å². The van der Waals surface area contributed by atoms with Gasteiger partial charge < -0.3 is 14.2 Å². The van der Waals surface area contributed by atoms with E-state index in [1.54, 1.807) is 7.11 Å². The molecular formula is C23H31N3O5S2. The Labute approximate surface area is 198 Å². The molecule has 0 spiro atoms. The van der Waals surface area contributed by atoms with Crippen LogP contribution in [-0.2, 0) is 21.2 Å². The zero-order valence-corrected chi connectivity index (χ0v) is 20.7. The molecule has 0 aliphatic carbocycles. The maximum atomic E-state index is 12.6. The second-order valence-corrected chi connectivity index (χ2v) is 10.9. The van der Waals surface area contributed by atoms with Crippen molar-refractivity contribution in [3.05, 3.63) is 48.0 Å². The monoisotopic (exact) mass is 493 g/mol. The summed E-state index contributed by atoms with van der Waals surface area (Å²) < 4.78 is 40.9. The van der Waals surface area contributed by atoms with Gasteiger partial charge in [-0.2, -0.15) is 0 Å². The van der Waals surface area contributed by atoms with Crippen LogP contribution in [0, 0.1) is 0 Å². The SMILES string of the molecule is COc1ccccc1N1CCN(CCCCC(=O)c2ccc([S+](C)[O-])c(S(N)(=O)=O)c2)CC1. The molecule has 0 amide bonds. The Morgan fingerprint density at radius 3 is 2.45 bits per heavy atom. The van der Waals surface area contributed by atoms with E-state index in [0.29, 0.717) is 12.8 Å². The molecule has 2 aromatic carbocycles. The quantitative estimate of drug-likeness (QED) is 0.307. The number of carbonyl (C=O) groups excluding carboxylic acids is 1. The lowest BCUT2D eigenvalue weighted by molar-refractivity contribution is 0.0977. The number of benzene rings is 2. The normalized spacial score (nSPS) is 15.9. The predicted molar refractivity (Wildman–Crippen MR) is 130 cm³/mol. The van der Waals surface area contributed by atoms with Crippen molar-refractivity contribution in [3.63, 3.8) is 0 Å². The number of ketones is 1. The lowest BCUT2D eigenvalue weighted by Crippen LogP contribution is -2.46. The number of ether oxygens (including phenoxy) is 1. The molecule has 1 aliphatic rings. The average molecular weight is 494 g/mol. The summed E-state index contributed by atoms with van der Waals surface area (Å²) in [6.07, 6.45) is 3.28. The molecule has 3 rings (SSSR count). The highest BCUT2D eigenvalue weighted by Crippen LogP contribution is 2.28. The molecule has 2 aromatic rings. The number of carbonyl (C=O) groups is 1. The smallest absolute Gasteiger partial charge is 0.243 e. The van der Waals surface area contributed by atoms with E-state index in [4.69, 9.17) is 9.88 Å². The maximum absolute atomic E-state index is 12.6. The molecule has 1 heterocycles. The third kappa shape index (κ3) is 6.70. The Balaban J connectivity index is 1.47. The summed E-state index contributed by atoms with van der Waals surface area (Å²) in [5.74, 6) is 0.739. The molecular weight excluding hydrogens is 462 g/mol. The number of Topliss-reactive ketones (excluding diaryl/α,β-unsaturated/α-hetero) is 1. The summed E-state index contributed by atoms with van der Waals surface area (Å²) in [4.78, 5) is 17.2. The highest BCUT2D eigenvalue weighted by Gasteiger charge is 2.23. The van der Waals surface area contributed by atoms with Gasteiger partial charge >= 0.3 is 0 Å². The summed E-state index contributed by atoms with van der Waals surface area (Å²) in [7, 11) is -2.38. The molecule has 33 heavy (non-hydrogen) atoms. The van der Waals surface area contributed by atoms with Crippen LogP contribution in [0.3, 0.4) is 0 Å². The van der Waals surface area contributed by atoms with E-state index in [-0.39, 0.29) is 21.1 Å². The summed E-state index contributed by atoms with van der Waals surface area (Å²) in [6, 6.07) is 12.2. The predicted octanol–water partition coefficient (Wildman–Crippen LogP) is 2.26. The van der Waals surface area contributed by atoms with Crippen molar-refractivity contribution in [3.8, 4) is 5.75 Å². The van der Waals surface area contributed by atoms with Crippen molar-refractivity contribution in [2.75, 3.05) is 51.0 Å². The third-order valence-corrected chi connectivity index (χ3v) is 7.86. The fraction of sp³-hybridized carbons (Fsp3) is 0.435. The number of methoxy groups -OCH3 is 1. The maximum Gasteiger partial charge on any atom is 0.243 e. The van der Waals surface area contributed by atoms with Crippen LogP contribution >= 0.6 is 0 Å². The van der Waals surface area contributed by atoms with Crippen LogP contribution in [0.5, 0.6) is 5.75 Å². The van der Waals surface area contributed by atoms with Gasteiger partial charge in [0.2, 0.25) is 10.0 Å². The van der Waals surface area contributed by atoms with E-state index in [1.165, 1.54) is 24.5 Å². The summed E-state index contributed by atoms with van der Waals surface area (Å²) in [5.41, 5.74) is 1.39. The second kappa shape index (κ2) is 11.3. The number of hydrogen-bond acceptors (Lipinski definition) is 7. The number of rotatable bonds is 10. The number of unbranched alkanes of at least 4 members (excludes halogenated alkanes) is 1. The van der Waals surface area contributed by atoms with Crippen LogP contribution in [0.25, 0.3) is 0 Å². The lowest BCUT2D eigenvalue weighted by atomic mass is 10.1. The average Bonchev–Trinajstić information content (AvgIpc) is 2.81. The fourth-order valence-electron chi connectivity index (χ4n) is 4.01. The largest absolute Gasteiger partial charge is 0.612 e. The molecule has 10 heteroatoms. The van der Waals surface area contributed by atoms with Crippen molar-refractivity contribution in [1.82, 2.24) is 4.90 Å². The van der Waals surface area contributed by atoms with E-state index < -0.39 is 21.2 Å². The van der Waals surface area contributed by atoms with Gasteiger partial charge in [0.15, 0.2) is 10.7 Å². The number of para-hydroxylation sites is 2. The van der Waals surface area contributed by atoms with Crippen molar-refractivity contribution < 1.29 is 22.5 Å². The van der Waals surface area contributed by atoms with Crippen molar-refractivity contribution in [2.24, 2.45) is 5.14 Å². The summed E-state index contributed by atoms with van der Waals surface area (Å²) >= 11 is -1.52. The van der Waals surface area contributed by atoms with Crippen LogP contribution in [0.2, 0.25) is 0 Å². The molecule has 1 saturated heterocycles. The van der Waals surface area contributed by atoms with E-state index in [0.717, 1.165) is 50.6 Å². The summed E-state index contributed by atoms with van der Waals surface area (Å²) in [6.45, 7) is 4.63.